The Morgan fingerprint density at radius 1 is 1.06 bits per heavy atom. The predicted molar refractivity (Wildman–Crippen MR) is 58.1 cm³/mol. The molecule has 0 aromatic heterocycles. The van der Waals surface area contributed by atoms with Crippen molar-refractivity contribution in [1.82, 2.24) is 0 Å². The summed E-state index contributed by atoms with van der Waals surface area (Å²) in [6, 6.07) is 8.51. The highest BCUT2D eigenvalue weighted by Gasteiger charge is 2.27. The van der Waals surface area contributed by atoms with Gasteiger partial charge in [-0.25, -0.2) is 0 Å². The van der Waals surface area contributed by atoms with E-state index in [2.05, 4.69) is 0 Å². The van der Waals surface area contributed by atoms with Crippen LogP contribution in [-0.4, -0.2) is 17.3 Å². The quantitative estimate of drug-likeness (QED) is 0.428. The van der Waals surface area contributed by atoms with Crippen molar-refractivity contribution in [3.63, 3.8) is 0 Å². The highest BCUT2D eigenvalue weighted by Crippen LogP contribution is 2.16. The summed E-state index contributed by atoms with van der Waals surface area (Å²) in [7, 11) is 0. The van der Waals surface area contributed by atoms with Crippen molar-refractivity contribution in [3.05, 3.63) is 47.5 Å². The zero-order valence-corrected chi connectivity index (χ0v) is 8.60. The maximum atomic E-state index is 11.9. The molecule has 2 rings (SSSR count). The summed E-state index contributed by atoms with van der Waals surface area (Å²) in [5.74, 6) is -1.49. The Morgan fingerprint density at radius 2 is 1.75 bits per heavy atom. The molecule has 3 heteroatoms. The maximum Gasteiger partial charge on any atom is 0.232 e. The molecule has 0 fully saturated rings. The van der Waals surface area contributed by atoms with Gasteiger partial charge >= 0.3 is 0 Å². The van der Waals surface area contributed by atoms with Gasteiger partial charge in [0.25, 0.3) is 0 Å². The third-order valence-electron chi connectivity index (χ3n) is 2.50. The van der Waals surface area contributed by atoms with Gasteiger partial charge in [-0.3, -0.25) is 14.4 Å². The highest BCUT2D eigenvalue weighted by atomic mass is 16.2. The summed E-state index contributed by atoms with van der Waals surface area (Å²) < 4.78 is 0. The monoisotopic (exact) mass is 214 g/mol. The summed E-state index contributed by atoms with van der Waals surface area (Å²) in [4.78, 5) is 34.6. The number of carbonyl (C=O) groups excluding carboxylic acids is 3. The number of hydrogen-bond acceptors (Lipinski definition) is 3. The minimum Gasteiger partial charge on any atom is -0.290 e. The van der Waals surface area contributed by atoms with E-state index >= 15 is 0 Å². The van der Waals surface area contributed by atoms with E-state index in [9.17, 15) is 14.4 Å². The molecule has 1 aliphatic carbocycles. The molecule has 0 N–H and O–H groups in total. The minimum atomic E-state index is -0.653. The van der Waals surface area contributed by atoms with Crippen LogP contribution in [0.2, 0.25) is 0 Å². The number of ketones is 3. The Kier molecular flexibility index (Phi) is 2.77. The van der Waals surface area contributed by atoms with Gasteiger partial charge in [0.15, 0.2) is 5.78 Å². The van der Waals surface area contributed by atoms with Crippen LogP contribution in [0.1, 0.15) is 23.2 Å². The van der Waals surface area contributed by atoms with Crippen molar-refractivity contribution in [2.45, 2.75) is 12.8 Å². The van der Waals surface area contributed by atoms with Gasteiger partial charge in [0.05, 0.1) is 5.57 Å². The molecule has 1 aromatic rings. The van der Waals surface area contributed by atoms with Gasteiger partial charge in [-0.05, 0) is 6.42 Å². The van der Waals surface area contributed by atoms with E-state index in [-0.39, 0.29) is 17.8 Å². The van der Waals surface area contributed by atoms with Crippen LogP contribution in [0.3, 0.4) is 0 Å². The number of benzene rings is 1. The lowest BCUT2D eigenvalue weighted by molar-refractivity contribution is -0.134. The fourth-order valence-corrected chi connectivity index (χ4v) is 1.64. The van der Waals surface area contributed by atoms with Gasteiger partial charge < -0.3 is 0 Å². The van der Waals surface area contributed by atoms with Gasteiger partial charge in [0, 0.05) is 12.0 Å². The van der Waals surface area contributed by atoms with Crippen molar-refractivity contribution in [1.29, 1.82) is 0 Å². The summed E-state index contributed by atoms with van der Waals surface area (Å²) in [5.41, 5.74) is 0.458. The maximum absolute atomic E-state index is 11.9. The van der Waals surface area contributed by atoms with Gasteiger partial charge in [0.2, 0.25) is 11.6 Å². The predicted octanol–water partition coefficient (Wildman–Crippen LogP) is 1.73. The van der Waals surface area contributed by atoms with Crippen molar-refractivity contribution < 1.29 is 14.4 Å². The largest absolute Gasteiger partial charge is 0.290 e. The van der Waals surface area contributed by atoms with Crippen LogP contribution in [0, 0.1) is 0 Å². The third kappa shape index (κ3) is 1.84. The minimum absolute atomic E-state index is 0.0162. The second-order valence-corrected chi connectivity index (χ2v) is 3.60. The molecule has 3 nitrogen and oxygen atoms in total. The standard InChI is InChI=1S/C13H10O3/c14-11-8-4-7-10(13(11)16)12(15)9-5-2-1-3-6-9/h1-3,5-7H,4,8H2. The summed E-state index contributed by atoms with van der Waals surface area (Å²) in [5, 5.41) is 0. The molecule has 0 unspecified atom stereocenters. The lowest BCUT2D eigenvalue weighted by Gasteiger charge is -2.09. The normalized spacial score (nSPS) is 15.9. The number of hydrogen-bond donors (Lipinski definition) is 0. The first kappa shape index (κ1) is 10.5. The molecule has 0 aliphatic heterocycles. The number of allylic oxidation sites excluding steroid dienone is 2. The molecule has 1 aromatic carbocycles. The van der Waals surface area contributed by atoms with E-state index in [1.807, 2.05) is 0 Å². The first-order chi connectivity index (χ1) is 7.70. The van der Waals surface area contributed by atoms with Crippen molar-refractivity contribution in [2.24, 2.45) is 0 Å². The van der Waals surface area contributed by atoms with Gasteiger partial charge in [0.1, 0.15) is 0 Å². The van der Waals surface area contributed by atoms with Crippen LogP contribution in [0.5, 0.6) is 0 Å². The molecular weight excluding hydrogens is 204 g/mol. The lowest BCUT2D eigenvalue weighted by atomic mass is 9.91. The average Bonchev–Trinajstić information content (AvgIpc) is 2.33. The Labute approximate surface area is 92.8 Å². The Morgan fingerprint density at radius 3 is 2.44 bits per heavy atom. The number of rotatable bonds is 2. The molecule has 0 amide bonds. The van der Waals surface area contributed by atoms with Gasteiger partial charge in [-0.15, -0.1) is 0 Å². The smallest absolute Gasteiger partial charge is 0.232 e. The van der Waals surface area contributed by atoms with Crippen molar-refractivity contribution in [2.75, 3.05) is 0 Å². The molecule has 0 atom stereocenters. The van der Waals surface area contributed by atoms with E-state index < -0.39 is 11.6 Å². The van der Waals surface area contributed by atoms with Crippen LogP contribution < -0.4 is 0 Å². The topological polar surface area (TPSA) is 51.2 Å². The number of Topliss-reactive ketones (excluding diaryl/α,β-unsaturated/α-hetero) is 3. The van der Waals surface area contributed by atoms with Crippen LogP contribution in [0.4, 0.5) is 0 Å². The lowest BCUT2D eigenvalue weighted by Crippen LogP contribution is -2.24. The highest BCUT2D eigenvalue weighted by molar-refractivity contribution is 6.51. The molecule has 0 saturated carbocycles. The van der Waals surface area contributed by atoms with E-state index in [1.165, 1.54) is 0 Å². The summed E-state index contributed by atoms with van der Waals surface area (Å²) >= 11 is 0. The van der Waals surface area contributed by atoms with Crippen LogP contribution in [0.15, 0.2) is 42.0 Å². The van der Waals surface area contributed by atoms with E-state index in [0.29, 0.717) is 12.0 Å². The molecule has 0 bridgehead atoms. The molecule has 0 saturated heterocycles. The van der Waals surface area contributed by atoms with Crippen molar-refractivity contribution >= 4 is 17.3 Å². The third-order valence-corrected chi connectivity index (χ3v) is 2.50. The Bertz CT molecular complexity index is 483. The molecule has 16 heavy (non-hydrogen) atoms. The second kappa shape index (κ2) is 4.23. The first-order valence-corrected chi connectivity index (χ1v) is 5.07. The Balaban J connectivity index is 2.33. The van der Waals surface area contributed by atoms with Gasteiger partial charge in [-0.2, -0.15) is 0 Å². The summed E-state index contributed by atoms with van der Waals surface area (Å²) in [6.07, 6.45) is 2.24. The van der Waals surface area contributed by atoms with E-state index in [1.54, 1.807) is 36.4 Å². The second-order valence-electron chi connectivity index (χ2n) is 3.60. The summed E-state index contributed by atoms with van der Waals surface area (Å²) in [6.45, 7) is 0. The zero-order valence-electron chi connectivity index (χ0n) is 8.60. The zero-order chi connectivity index (χ0) is 11.5. The molecular formula is C13H10O3. The fourth-order valence-electron chi connectivity index (χ4n) is 1.64. The molecule has 0 heterocycles. The molecule has 80 valence electrons. The van der Waals surface area contributed by atoms with Crippen LogP contribution in [0.25, 0.3) is 0 Å². The fraction of sp³-hybridized carbons (Fsp3) is 0.154. The molecule has 1 aliphatic rings. The molecule has 0 radical (unpaired) electrons. The molecule has 0 spiro atoms. The first-order valence-electron chi connectivity index (χ1n) is 5.07. The van der Waals surface area contributed by atoms with Crippen molar-refractivity contribution in [3.8, 4) is 0 Å². The van der Waals surface area contributed by atoms with Crippen LogP contribution >= 0.6 is 0 Å². The van der Waals surface area contributed by atoms with Crippen LogP contribution in [-0.2, 0) is 9.59 Å². The number of carbonyl (C=O) groups is 3. The van der Waals surface area contributed by atoms with Gasteiger partial charge in [-0.1, -0.05) is 36.4 Å². The Hall–Kier alpha value is -2.03. The average molecular weight is 214 g/mol. The SMILES string of the molecule is O=C1CCC=C(C(=O)c2ccccc2)C1=O. The van der Waals surface area contributed by atoms with E-state index in [0.717, 1.165) is 0 Å². The van der Waals surface area contributed by atoms with E-state index in [4.69, 9.17) is 0 Å².